The van der Waals surface area contributed by atoms with E-state index in [4.69, 9.17) is 92.8 Å². The molecule has 3 fully saturated rings. The molecule has 1 aromatic heterocycles. The highest BCUT2D eigenvalue weighted by Crippen LogP contribution is 2.51. The molecule has 21 nitrogen and oxygen atoms in total. The Kier molecular flexibility index (Phi) is 22.3. The van der Waals surface area contributed by atoms with Gasteiger partial charge < -0.3 is 56.4 Å². The molecule has 8 aromatic carbocycles. The van der Waals surface area contributed by atoms with Gasteiger partial charge in [-0.25, -0.2) is 4.68 Å². The number of Topliss-reactive ketones (excluding diaryl/α,β-unsaturated/α-hetero) is 4. The highest BCUT2D eigenvalue weighted by molar-refractivity contribution is 6.41. The first kappa shape index (κ1) is 77.3. The van der Waals surface area contributed by atoms with Crippen molar-refractivity contribution >= 4 is 179 Å². The molecule has 3 saturated heterocycles. The molecule has 8 heterocycles. The lowest BCUT2D eigenvalue weighted by Gasteiger charge is -2.33. The molecule has 16 rings (SSSR count). The molecule has 9 aromatic rings. The van der Waals surface area contributed by atoms with Gasteiger partial charge in [0.2, 0.25) is 0 Å². The summed E-state index contributed by atoms with van der Waals surface area (Å²) in [5, 5.41) is 60.0. The Bertz CT molecular complexity index is 5140. The number of halogens is 8. The van der Waals surface area contributed by atoms with E-state index in [-0.39, 0.29) is 103 Å². The molecule has 4 amide bonds. The maximum absolute atomic E-state index is 12.9. The number of rotatable bonds is 16. The number of hydrogen-bond donors (Lipinski definition) is 8. The molecular weight excluding hydrogens is 1550 g/mol. The number of amides is 4. The van der Waals surface area contributed by atoms with E-state index in [0.717, 1.165) is 67.6 Å². The number of nitrogens with zero attached hydrogens (tertiary/aromatic N) is 5. The Morgan fingerprint density at radius 1 is 0.370 bits per heavy atom. The van der Waals surface area contributed by atoms with Crippen LogP contribution >= 0.6 is 92.8 Å². The second-order valence-corrected chi connectivity index (χ2v) is 30.4. The maximum atomic E-state index is 12.9. The number of aryl methyl sites for hydroxylation is 1. The van der Waals surface area contributed by atoms with E-state index < -0.39 is 77.5 Å². The second kappa shape index (κ2) is 31.2. The summed E-state index contributed by atoms with van der Waals surface area (Å²) >= 11 is 49.1. The van der Waals surface area contributed by atoms with Gasteiger partial charge in [0, 0.05) is 133 Å². The zero-order chi connectivity index (χ0) is 76.9. The molecule has 0 aliphatic carbocycles. The van der Waals surface area contributed by atoms with Gasteiger partial charge in [0.15, 0.2) is 45.5 Å². The van der Waals surface area contributed by atoms with Crippen molar-refractivity contribution in [3.8, 4) is 5.69 Å². The minimum absolute atomic E-state index is 0.128. The van der Waals surface area contributed by atoms with Gasteiger partial charge in [0.25, 0.3) is 23.6 Å². The first-order valence-corrected chi connectivity index (χ1v) is 37.4. The molecule has 8 N–H and O–H groups in total. The van der Waals surface area contributed by atoms with Crippen LogP contribution in [0, 0.1) is 6.92 Å². The van der Waals surface area contributed by atoms with E-state index >= 15 is 0 Å². The van der Waals surface area contributed by atoms with Crippen LogP contribution in [0.2, 0.25) is 40.2 Å². The topological polar surface area (TPSA) is 293 Å². The third-order valence-corrected chi connectivity index (χ3v) is 22.7. The minimum atomic E-state index is -2.07. The Morgan fingerprint density at radius 2 is 0.648 bits per heavy atom. The number of aromatic nitrogens is 2. The van der Waals surface area contributed by atoms with Crippen LogP contribution in [-0.2, 0) is 41.6 Å². The van der Waals surface area contributed by atoms with Crippen LogP contribution < -0.4 is 36.0 Å². The van der Waals surface area contributed by atoms with Gasteiger partial charge in [-0.05, 0) is 190 Å². The smallest absolute Gasteiger partial charge is 0.261 e. The van der Waals surface area contributed by atoms with Crippen molar-refractivity contribution in [1.29, 1.82) is 0 Å². The average Bonchev–Trinajstić information content (AvgIpc) is 1.60. The van der Waals surface area contributed by atoms with E-state index in [0.29, 0.717) is 22.3 Å². The van der Waals surface area contributed by atoms with E-state index in [1.54, 1.807) is 77.7 Å². The summed E-state index contributed by atoms with van der Waals surface area (Å²) in [5.74, 6) is -4.25. The molecule has 29 heteroatoms. The van der Waals surface area contributed by atoms with Crippen LogP contribution in [-0.4, -0.2) is 116 Å². The molecule has 0 saturated carbocycles. The van der Waals surface area contributed by atoms with Crippen molar-refractivity contribution in [2.45, 2.75) is 87.1 Å². The summed E-state index contributed by atoms with van der Waals surface area (Å²) in [4.78, 5) is 108. The van der Waals surface area contributed by atoms with Gasteiger partial charge >= 0.3 is 0 Å². The monoisotopic (exact) mass is 1610 g/mol. The van der Waals surface area contributed by atoms with E-state index in [1.807, 2.05) is 43.3 Å². The normalized spacial score (nSPS) is 20.4. The first-order chi connectivity index (χ1) is 51.5. The van der Waals surface area contributed by atoms with Crippen molar-refractivity contribution < 1.29 is 58.8 Å². The summed E-state index contributed by atoms with van der Waals surface area (Å²) in [7, 11) is 0. The lowest BCUT2D eigenvalue weighted by atomic mass is 9.87. The van der Waals surface area contributed by atoms with Crippen LogP contribution in [0.1, 0.15) is 127 Å². The number of ketones is 4. The van der Waals surface area contributed by atoms with Gasteiger partial charge in [-0.3, -0.25) is 38.4 Å². The summed E-state index contributed by atoms with van der Waals surface area (Å²) < 4.78 is 1.66. The molecule has 108 heavy (non-hydrogen) atoms. The second-order valence-electron chi connectivity index (χ2n) is 27.1. The van der Waals surface area contributed by atoms with Crippen LogP contribution in [0.3, 0.4) is 0 Å². The third kappa shape index (κ3) is 14.9. The Morgan fingerprint density at radius 3 is 0.935 bits per heavy atom. The summed E-state index contributed by atoms with van der Waals surface area (Å²) in [6.07, 6.45) is 7.62. The van der Waals surface area contributed by atoms with Crippen LogP contribution in [0.25, 0.3) is 5.69 Å². The predicted octanol–water partition coefficient (Wildman–Crippen LogP) is 15.5. The Balaban J connectivity index is 0.000000127. The molecule has 0 radical (unpaired) electrons. The lowest BCUT2D eigenvalue weighted by molar-refractivity contribution is -0.133. The quantitative estimate of drug-likeness (QED) is 0.0417. The fourth-order valence-corrected chi connectivity index (χ4v) is 16.4. The van der Waals surface area contributed by atoms with E-state index in [1.165, 1.54) is 80.6 Å². The van der Waals surface area contributed by atoms with Gasteiger partial charge in [-0.1, -0.05) is 92.8 Å². The summed E-state index contributed by atoms with van der Waals surface area (Å²) in [6, 6.07) is 40.6. The van der Waals surface area contributed by atoms with Crippen molar-refractivity contribution in [2.75, 3.05) is 75.2 Å². The molecule has 4 atom stereocenters. The van der Waals surface area contributed by atoms with E-state index in [2.05, 4.69) is 41.1 Å². The fourth-order valence-electron chi connectivity index (χ4n) is 14.3. The largest absolute Gasteiger partial charge is 0.375 e. The SMILES string of the molecule is Cc1cc(C(=O)CC2(O)C(=O)Nc3c(Cl)ccc(Cl)c32)ccc1N1CCCC1.O=C(CC1(O)C(=O)Nc2c(Cl)ccc(Cl)c21)c1ccc(-n2cccn2)cc1.O=C(CC1(O)C(=O)Nc2c(Cl)ccc(Cl)c21)c1ccc(N2CCC2)cc1.O=C(CC1(O)C(=O)Nc2c(Cl)ccc(Cl)c21)c1ccc(N2CCCC2)cc1. The third-order valence-electron chi connectivity index (χ3n) is 20.2. The Labute approximate surface area is 659 Å². The number of carbonyl (C=O) groups is 8. The van der Waals surface area contributed by atoms with Crippen molar-refractivity contribution in [3.63, 3.8) is 0 Å². The first-order valence-electron chi connectivity index (χ1n) is 34.4. The average molecular weight is 1620 g/mol. The van der Waals surface area contributed by atoms with Crippen LogP contribution in [0.5, 0.6) is 0 Å². The van der Waals surface area contributed by atoms with Crippen molar-refractivity contribution in [1.82, 2.24) is 9.78 Å². The van der Waals surface area contributed by atoms with Gasteiger partial charge in [0.1, 0.15) is 0 Å². The van der Waals surface area contributed by atoms with Crippen LogP contribution in [0.4, 0.5) is 39.8 Å². The maximum Gasteiger partial charge on any atom is 0.261 e. The lowest BCUT2D eigenvalue weighted by Crippen LogP contribution is -2.37. The molecule has 0 spiro atoms. The van der Waals surface area contributed by atoms with Crippen LogP contribution in [0.15, 0.2) is 158 Å². The number of aliphatic hydroxyl groups is 4. The zero-order valence-electron chi connectivity index (χ0n) is 57.4. The zero-order valence-corrected chi connectivity index (χ0v) is 63.5. The molecule has 4 unspecified atom stereocenters. The number of fused-ring (bicyclic) bond motifs is 4. The minimum Gasteiger partial charge on any atom is -0.375 e. The molecule has 556 valence electrons. The van der Waals surface area contributed by atoms with Gasteiger partial charge in [-0.2, -0.15) is 5.10 Å². The number of anilines is 7. The number of carbonyl (C=O) groups excluding carboxylic acids is 8. The van der Waals surface area contributed by atoms with E-state index in [9.17, 15) is 58.8 Å². The van der Waals surface area contributed by atoms with Crippen molar-refractivity contribution in [2.24, 2.45) is 0 Å². The molecule has 0 bridgehead atoms. The van der Waals surface area contributed by atoms with Gasteiger partial charge in [0.05, 0.1) is 74.2 Å². The van der Waals surface area contributed by atoms with Crippen molar-refractivity contribution in [3.05, 3.63) is 248 Å². The van der Waals surface area contributed by atoms with Gasteiger partial charge in [-0.15, -0.1) is 0 Å². The predicted molar refractivity (Wildman–Crippen MR) is 419 cm³/mol. The highest BCUT2D eigenvalue weighted by Gasteiger charge is 2.53. The standard InChI is InChI=1S/C21H20Cl2N2O3.C20H18Cl2N2O3.C19H13Cl2N3O3.C19H16Cl2N2O3/c1-12-10-13(4-7-16(12)25-8-2-3-9-25)17(26)11-21(28)18-14(22)5-6-15(23)19(18)24-20(21)27;21-14-7-8-15(22)18-17(14)20(27,19(26)23-18)11-16(25)12-3-5-13(6-4-12)24-9-1-2-10-24;20-13-6-7-14(21)17-16(13)19(27,18(26)23-17)10-15(25)11-2-4-12(5-3-11)24-9-1-8-22-24;20-13-6-7-14(21)17-16(13)19(26,18(25)22-17)10-15(24)11-2-4-12(5-3-11)23-8-1-9-23/h4-7,10,28H,2-3,8-9,11H2,1H3,(H,24,27);3-8,27H,1-2,9-11H2,(H,23,26);1-9,27H,10H2,(H,23,26);2-7,26H,1,8-10H2,(H,22,25). The fraction of sp³-hybridized carbons (Fsp3) is 0.253. The summed E-state index contributed by atoms with van der Waals surface area (Å²) in [6.45, 7) is 8.07. The number of nitrogens with one attached hydrogen (secondary N) is 4. The highest BCUT2D eigenvalue weighted by atomic mass is 35.5. The molecule has 7 aliphatic rings. The number of hydrogen-bond acceptors (Lipinski definition) is 16. The summed E-state index contributed by atoms with van der Waals surface area (Å²) in [5.41, 5.74) is 0.122. The molecular formula is C79H67Cl8N9O12. The molecule has 7 aliphatic heterocycles. The Hall–Kier alpha value is -8.91. The number of benzene rings is 8.